The van der Waals surface area contributed by atoms with Gasteiger partial charge in [0.1, 0.15) is 48.8 Å². The molecule has 0 aliphatic carbocycles. The molecule has 0 aromatic heterocycles. The zero-order chi connectivity index (χ0) is 70.1. The molecule has 14 nitrogen and oxygen atoms in total. The average molecular weight is 1370 g/mol. The van der Waals surface area contributed by atoms with Crippen molar-refractivity contribution < 1.29 is 64.6 Å². The molecule has 0 aromatic carbocycles. The summed E-state index contributed by atoms with van der Waals surface area (Å²) in [6.45, 7) is 2.72. The number of unbranched alkanes of at least 4 members (excludes halogenated alkanes) is 36. The molecule has 0 spiro atoms. The van der Waals surface area contributed by atoms with Gasteiger partial charge in [-0.1, -0.05) is 335 Å². The summed E-state index contributed by atoms with van der Waals surface area (Å²) in [6.07, 6.45) is 78.7. The number of carbonyl (C=O) groups excluding carboxylic acids is 1. The molecule has 2 fully saturated rings. The molecule has 0 radical (unpaired) electrons. The van der Waals surface area contributed by atoms with E-state index < -0.39 is 86.8 Å². The summed E-state index contributed by atoms with van der Waals surface area (Å²) in [5, 5.41) is 87.7. The minimum absolute atomic E-state index is 0.240. The number of hydrogen-bond donors (Lipinski definition) is 9. The molecule has 0 bridgehead atoms. The summed E-state index contributed by atoms with van der Waals surface area (Å²) in [5.41, 5.74) is 0. The third-order valence-corrected chi connectivity index (χ3v) is 18.7. The molecule has 2 heterocycles. The van der Waals surface area contributed by atoms with Crippen LogP contribution in [0.15, 0.2) is 109 Å². The number of nitrogens with one attached hydrogen (secondary N) is 1. The first-order valence-electron chi connectivity index (χ1n) is 39.6. The van der Waals surface area contributed by atoms with Crippen molar-refractivity contribution in [3.63, 3.8) is 0 Å². The van der Waals surface area contributed by atoms with Gasteiger partial charge in [-0.3, -0.25) is 4.79 Å². The van der Waals surface area contributed by atoms with Crippen LogP contribution in [0, 0.1) is 0 Å². The molecular weight excluding hydrogens is 1220 g/mol. The first kappa shape index (κ1) is 89.7. The normalized spacial score (nSPS) is 22.7. The van der Waals surface area contributed by atoms with Crippen LogP contribution in [0.25, 0.3) is 0 Å². The number of aliphatic hydroxyl groups is 8. The number of hydrogen-bond acceptors (Lipinski definition) is 13. The maximum atomic E-state index is 13.4. The van der Waals surface area contributed by atoms with E-state index in [4.69, 9.17) is 18.9 Å². The van der Waals surface area contributed by atoms with Crippen molar-refractivity contribution in [2.24, 2.45) is 0 Å². The van der Waals surface area contributed by atoms with Crippen molar-refractivity contribution in [2.45, 2.75) is 389 Å². The van der Waals surface area contributed by atoms with E-state index in [-0.39, 0.29) is 18.9 Å². The molecule has 9 N–H and O–H groups in total. The van der Waals surface area contributed by atoms with Gasteiger partial charge in [-0.25, -0.2) is 0 Å². The number of ether oxygens (including phenoxy) is 4. The number of rotatable bonds is 65. The molecule has 1 amide bonds. The molecular formula is C83H145NO13. The summed E-state index contributed by atoms with van der Waals surface area (Å²) in [4.78, 5) is 13.4. The molecule has 2 aliphatic rings. The van der Waals surface area contributed by atoms with E-state index in [1.807, 2.05) is 6.08 Å². The van der Waals surface area contributed by atoms with Gasteiger partial charge >= 0.3 is 0 Å². The summed E-state index contributed by atoms with van der Waals surface area (Å²) in [7, 11) is 0. The highest BCUT2D eigenvalue weighted by atomic mass is 16.7. The van der Waals surface area contributed by atoms with Crippen molar-refractivity contribution in [1.82, 2.24) is 5.32 Å². The number of carbonyl (C=O) groups is 1. The van der Waals surface area contributed by atoms with Crippen LogP contribution in [-0.4, -0.2) is 140 Å². The van der Waals surface area contributed by atoms with E-state index in [1.165, 1.54) is 199 Å². The highest BCUT2D eigenvalue weighted by molar-refractivity contribution is 5.76. The van der Waals surface area contributed by atoms with Crippen molar-refractivity contribution in [3.05, 3.63) is 109 Å². The van der Waals surface area contributed by atoms with Gasteiger partial charge in [-0.15, -0.1) is 0 Å². The maximum absolute atomic E-state index is 13.4. The van der Waals surface area contributed by atoms with Crippen molar-refractivity contribution in [1.29, 1.82) is 0 Å². The van der Waals surface area contributed by atoms with Crippen molar-refractivity contribution in [3.8, 4) is 0 Å². The second kappa shape index (κ2) is 65.9. The average Bonchev–Trinajstić information content (AvgIpc) is 0.794. The fourth-order valence-electron chi connectivity index (χ4n) is 12.5. The Balaban J connectivity index is 1.61. The van der Waals surface area contributed by atoms with E-state index in [2.05, 4.69) is 116 Å². The maximum Gasteiger partial charge on any atom is 0.220 e. The van der Waals surface area contributed by atoms with Gasteiger partial charge in [0.15, 0.2) is 12.6 Å². The van der Waals surface area contributed by atoms with Gasteiger partial charge in [0.05, 0.1) is 32.0 Å². The predicted molar refractivity (Wildman–Crippen MR) is 401 cm³/mol. The second-order valence-corrected chi connectivity index (χ2v) is 27.5. The van der Waals surface area contributed by atoms with Crippen LogP contribution in [0.1, 0.15) is 316 Å². The van der Waals surface area contributed by atoms with Crippen LogP contribution in [0.5, 0.6) is 0 Å². The Bertz CT molecular complexity index is 2050. The van der Waals surface area contributed by atoms with Crippen LogP contribution < -0.4 is 5.32 Å². The van der Waals surface area contributed by atoms with Gasteiger partial charge in [-0.2, -0.15) is 0 Å². The summed E-state index contributed by atoms with van der Waals surface area (Å²) >= 11 is 0. The lowest BCUT2D eigenvalue weighted by atomic mass is 9.97. The monoisotopic (exact) mass is 1360 g/mol. The van der Waals surface area contributed by atoms with Gasteiger partial charge < -0.3 is 65.1 Å². The number of aliphatic hydroxyl groups excluding tert-OH is 8. The molecule has 14 heteroatoms. The minimum Gasteiger partial charge on any atom is -0.394 e. The van der Waals surface area contributed by atoms with Crippen LogP contribution in [0.4, 0.5) is 0 Å². The lowest BCUT2D eigenvalue weighted by molar-refractivity contribution is -0.359. The lowest BCUT2D eigenvalue weighted by Crippen LogP contribution is -2.65. The molecule has 12 atom stereocenters. The fraction of sp³-hybridized carbons (Fsp3) is 0.771. The summed E-state index contributed by atoms with van der Waals surface area (Å²) in [5.74, 6) is -0.240. The molecule has 12 unspecified atom stereocenters. The van der Waals surface area contributed by atoms with E-state index in [1.54, 1.807) is 6.08 Å². The highest BCUT2D eigenvalue weighted by Crippen LogP contribution is 2.30. The Morgan fingerprint density at radius 1 is 0.381 bits per heavy atom. The smallest absolute Gasteiger partial charge is 0.220 e. The molecule has 560 valence electrons. The van der Waals surface area contributed by atoms with Crippen LogP contribution in [0.2, 0.25) is 0 Å². The van der Waals surface area contributed by atoms with Gasteiger partial charge in [0.25, 0.3) is 0 Å². The van der Waals surface area contributed by atoms with E-state index in [9.17, 15) is 45.6 Å². The SMILES string of the molecule is CC/C=C\C/C=C\C/C=C\C/C=C\C/C=C\C/C=C\C/C=C\C/C=C\CCCCCCCCCCCCCCCCC(=O)NC(COC1OC(CO)C(OC2OC(CO)C(O)C(O)C2O)C(O)C1O)C(O)/C=C/CCCCCCCCCCCCCCCCCCCCCCCC. The quantitative estimate of drug-likeness (QED) is 0.0204. The third-order valence-electron chi connectivity index (χ3n) is 18.7. The lowest BCUT2D eigenvalue weighted by Gasteiger charge is -2.46. The van der Waals surface area contributed by atoms with Gasteiger partial charge in [-0.05, 0) is 83.5 Å². The molecule has 2 aliphatic heterocycles. The van der Waals surface area contributed by atoms with Crippen LogP contribution in [-0.2, 0) is 23.7 Å². The van der Waals surface area contributed by atoms with Gasteiger partial charge in [0, 0.05) is 6.42 Å². The van der Waals surface area contributed by atoms with Gasteiger partial charge in [0.2, 0.25) is 5.91 Å². The molecule has 0 saturated carbocycles. The van der Waals surface area contributed by atoms with Crippen molar-refractivity contribution in [2.75, 3.05) is 19.8 Å². The highest BCUT2D eigenvalue weighted by Gasteiger charge is 2.51. The second-order valence-electron chi connectivity index (χ2n) is 27.5. The van der Waals surface area contributed by atoms with Crippen LogP contribution >= 0.6 is 0 Å². The topological polar surface area (TPSA) is 228 Å². The fourth-order valence-corrected chi connectivity index (χ4v) is 12.5. The largest absolute Gasteiger partial charge is 0.394 e. The number of allylic oxidation sites excluding steroid dienone is 17. The Kier molecular flexibility index (Phi) is 61.0. The summed E-state index contributed by atoms with van der Waals surface area (Å²) < 4.78 is 22.9. The van der Waals surface area contributed by atoms with E-state index in [0.717, 1.165) is 89.9 Å². The zero-order valence-electron chi connectivity index (χ0n) is 61.3. The van der Waals surface area contributed by atoms with E-state index >= 15 is 0 Å². The Morgan fingerprint density at radius 3 is 1.09 bits per heavy atom. The molecule has 2 rings (SSSR count). The molecule has 2 saturated heterocycles. The molecule has 97 heavy (non-hydrogen) atoms. The number of amides is 1. The first-order valence-corrected chi connectivity index (χ1v) is 39.6. The summed E-state index contributed by atoms with van der Waals surface area (Å²) in [6, 6.07) is -0.922. The Hall–Kier alpha value is -3.35. The van der Waals surface area contributed by atoms with Crippen LogP contribution in [0.3, 0.4) is 0 Å². The standard InChI is InChI=1S/C83H145NO13/c1-3-5-7-9-11-13-15-17-19-21-23-25-27-29-30-31-32-33-34-35-36-37-38-39-40-41-42-43-45-47-49-51-53-55-57-59-61-63-65-67-75(88)84-71(70-94-82-80(93)78(91)81(74(69-86)96-82)97-83-79(92)77(90)76(89)73(68-85)95-83)72(87)66-64-62-60-58-56-54-52-50-48-46-44-28-26-24-22-20-18-16-14-12-10-8-6-4-2/h5,7,11,13,17,19,23,25,29-30,32-33,35-36,38-39,64,66,71-74,76-83,85-87,89-93H,3-4,6,8-10,12,14-16,18,20-22,24,26-28,31,34,37,40-63,65,67-70H2,1-2H3,(H,84,88)/b7-5-,13-11-,19-17-,25-23-,30-29-,33-32-,36-35-,39-38-,66-64+. The minimum atomic E-state index is -1.79. The predicted octanol–water partition coefficient (Wildman–Crippen LogP) is 17.9. The zero-order valence-corrected chi connectivity index (χ0v) is 61.3. The van der Waals surface area contributed by atoms with Crippen molar-refractivity contribution >= 4 is 5.91 Å². The molecule has 0 aromatic rings. The first-order chi connectivity index (χ1) is 47.6. The van der Waals surface area contributed by atoms with E-state index in [0.29, 0.717) is 6.42 Å². The Morgan fingerprint density at radius 2 is 0.711 bits per heavy atom. The third kappa shape index (κ3) is 49.0. The Labute approximate surface area is 591 Å².